The van der Waals surface area contributed by atoms with Gasteiger partial charge in [0, 0.05) is 26.1 Å². The minimum absolute atomic E-state index is 0.176. The smallest absolute Gasteiger partial charge is 0.222 e. The second-order valence-electron chi connectivity index (χ2n) is 4.51. The molecule has 0 saturated heterocycles. The highest BCUT2D eigenvalue weighted by molar-refractivity contribution is 5.75. The first-order valence-corrected chi connectivity index (χ1v) is 5.43. The van der Waals surface area contributed by atoms with Gasteiger partial charge in [0.2, 0.25) is 5.91 Å². The molecule has 0 aromatic heterocycles. The van der Waals surface area contributed by atoms with Crippen molar-refractivity contribution >= 4 is 5.91 Å². The van der Waals surface area contributed by atoms with E-state index in [9.17, 15) is 4.79 Å². The third-order valence-corrected chi connectivity index (χ3v) is 2.28. The van der Waals surface area contributed by atoms with Gasteiger partial charge in [-0.15, -0.1) is 0 Å². The van der Waals surface area contributed by atoms with Gasteiger partial charge < -0.3 is 10.6 Å². The highest BCUT2D eigenvalue weighted by Crippen LogP contribution is 2.05. The zero-order valence-electron chi connectivity index (χ0n) is 9.92. The Morgan fingerprint density at radius 1 is 1.29 bits per heavy atom. The van der Waals surface area contributed by atoms with Gasteiger partial charge in [-0.2, -0.15) is 0 Å². The van der Waals surface area contributed by atoms with E-state index in [0.717, 1.165) is 19.4 Å². The molecule has 0 radical (unpaired) electrons. The summed E-state index contributed by atoms with van der Waals surface area (Å²) in [6, 6.07) is 0.176. The molecule has 14 heavy (non-hydrogen) atoms. The molecule has 0 heterocycles. The molecule has 0 fully saturated rings. The molecule has 0 aromatic rings. The van der Waals surface area contributed by atoms with E-state index in [0.29, 0.717) is 12.3 Å². The molecule has 0 aliphatic heterocycles. The molecule has 0 spiro atoms. The highest BCUT2D eigenvalue weighted by Gasteiger charge is 2.09. The third-order valence-electron chi connectivity index (χ3n) is 2.28. The summed E-state index contributed by atoms with van der Waals surface area (Å²) in [6.45, 7) is 7.01. The predicted octanol–water partition coefficient (Wildman–Crippen LogP) is 1.62. The van der Waals surface area contributed by atoms with Gasteiger partial charge in [-0.05, 0) is 25.7 Å². The lowest BCUT2D eigenvalue weighted by Crippen LogP contribution is -2.31. The van der Waals surface area contributed by atoms with E-state index >= 15 is 0 Å². The summed E-state index contributed by atoms with van der Waals surface area (Å²) in [5.74, 6) is 0.833. The van der Waals surface area contributed by atoms with E-state index in [1.807, 2.05) is 14.0 Å². The van der Waals surface area contributed by atoms with Crippen molar-refractivity contribution in [2.24, 2.45) is 11.7 Å². The maximum absolute atomic E-state index is 11.5. The fraction of sp³-hybridized carbons (Fsp3) is 0.909. The van der Waals surface area contributed by atoms with Crippen LogP contribution in [0.4, 0.5) is 0 Å². The number of amides is 1. The molecule has 0 rings (SSSR count). The van der Waals surface area contributed by atoms with Crippen LogP contribution in [0.25, 0.3) is 0 Å². The number of nitrogens with two attached hydrogens (primary N) is 1. The van der Waals surface area contributed by atoms with Crippen molar-refractivity contribution in [3.8, 4) is 0 Å². The number of carbonyl (C=O) groups excluding carboxylic acids is 1. The SMILES string of the molecule is CC(C)CCC(=O)N(C)CCC(C)N. The van der Waals surface area contributed by atoms with Gasteiger partial charge in [-0.1, -0.05) is 13.8 Å². The molecule has 84 valence electrons. The third kappa shape index (κ3) is 6.89. The van der Waals surface area contributed by atoms with Gasteiger partial charge >= 0.3 is 0 Å². The number of hydrogen-bond donors (Lipinski definition) is 1. The maximum atomic E-state index is 11.5. The number of hydrogen-bond acceptors (Lipinski definition) is 2. The lowest BCUT2D eigenvalue weighted by Gasteiger charge is -2.18. The molecule has 1 unspecified atom stereocenters. The van der Waals surface area contributed by atoms with Crippen LogP contribution in [0, 0.1) is 5.92 Å². The first kappa shape index (κ1) is 13.4. The van der Waals surface area contributed by atoms with Crippen LogP contribution in [0.5, 0.6) is 0 Å². The van der Waals surface area contributed by atoms with Crippen molar-refractivity contribution in [3.05, 3.63) is 0 Å². The second-order valence-corrected chi connectivity index (χ2v) is 4.51. The Hall–Kier alpha value is -0.570. The zero-order chi connectivity index (χ0) is 11.1. The molecular formula is C11H24N2O. The summed E-state index contributed by atoms with van der Waals surface area (Å²) in [4.78, 5) is 13.3. The average molecular weight is 200 g/mol. The van der Waals surface area contributed by atoms with Crippen molar-refractivity contribution in [2.75, 3.05) is 13.6 Å². The topological polar surface area (TPSA) is 46.3 Å². The van der Waals surface area contributed by atoms with Gasteiger partial charge in [0.15, 0.2) is 0 Å². The van der Waals surface area contributed by atoms with E-state index in [1.54, 1.807) is 4.90 Å². The second kappa shape index (κ2) is 6.82. The summed E-state index contributed by atoms with van der Waals surface area (Å²) in [6.07, 6.45) is 2.51. The first-order chi connectivity index (χ1) is 6.43. The minimum Gasteiger partial charge on any atom is -0.346 e. The molecule has 3 nitrogen and oxygen atoms in total. The summed E-state index contributed by atoms with van der Waals surface area (Å²) in [7, 11) is 1.85. The van der Waals surface area contributed by atoms with Gasteiger partial charge in [-0.3, -0.25) is 4.79 Å². The van der Waals surface area contributed by atoms with Crippen LogP contribution in [-0.4, -0.2) is 30.4 Å². The van der Waals surface area contributed by atoms with E-state index in [1.165, 1.54) is 0 Å². The van der Waals surface area contributed by atoms with Crippen molar-refractivity contribution in [2.45, 2.75) is 46.1 Å². The molecule has 0 aliphatic carbocycles. The number of carbonyl (C=O) groups is 1. The monoisotopic (exact) mass is 200 g/mol. The van der Waals surface area contributed by atoms with Gasteiger partial charge in [0.05, 0.1) is 0 Å². The Bertz CT molecular complexity index is 167. The van der Waals surface area contributed by atoms with Gasteiger partial charge in [-0.25, -0.2) is 0 Å². The van der Waals surface area contributed by atoms with E-state index in [2.05, 4.69) is 13.8 Å². The summed E-state index contributed by atoms with van der Waals surface area (Å²) in [5.41, 5.74) is 5.63. The lowest BCUT2D eigenvalue weighted by atomic mass is 10.1. The molecule has 0 bridgehead atoms. The molecule has 3 heteroatoms. The molecule has 0 aliphatic rings. The Morgan fingerprint density at radius 3 is 2.29 bits per heavy atom. The highest BCUT2D eigenvalue weighted by atomic mass is 16.2. The lowest BCUT2D eigenvalue weighted by molar-refractivity contribution is -0.130. The molecule has 0 aromatic carbocycles. The Labute approximate surface area is 87.6 Å². The Morgan fingerprint density at radius 2 is 1.86 bits per heavy atom. The number of nitrogens with zero attached hydrogens (tertiary/aromatic N) is 1. The van der Waals surface area contributed by atoms with Crippen molar-refractivity contribution in [1.29, 1.82) is 0 Å². The Kier molecular flexibility index (Phi) is 6.54. The molecule has 1 amide bonds. The van der Waals surface area contributed by atoms with Gasteiger partial charge in [0.1, 0.15) is 0 Å². The first-order valence-electron chi connectivity index (χ1n) is 5.43. The zero-order valence-corrected chi connectivity index (χ0v) is 9.92. The van der Waals surface area contributed by atoms with Crippen molar-refractivity contribution in [1.82, 2.24) is 4.90 Å². The molecule has 0 saturated carbocycles. The fourth-order valence-electron chi connectivity index (χ4n) is 1.12. The van der Waals surface area contributed by atoms with Crippen LogP contribution in [0.3, 0.4) is 0 Å². The molecule has 1 atom stereocenters. The molecule has 2 N–H and O–H groups in total. The van der Waals surface area contributed by atoms with Crippen LogP contribution in [0.15, 0.2) is 0 Å². The Balaban J connectivity index is 3.65. The number of rotatable bonds is 6. The summed E-state index contributed by atoms with van der Waals surface area (Å²) in [5, 5.41) is 0. The van der Waals surface area contributed by atoms with Crippen LogP contribution in [0.1, 0.15) is 40.0 Å². The largest absolute Gasteiger partial charge is 0.346 e. The van der Waals surface area contributed by atoms with Crippen LogP contribution in [0.2, 0.25) is 0 Å². The van der Waals surface area contributed by atoms with E-state index in [4.69, 9.17) is 5.73 Å². The van der Waals surface area contributed by atoms with Crippen molar-refractivity contribution in [3.63, 3.8) is 0 Å². The van der Waals surface area contributed by atoms with E-state index < -0.39 is 0 Å². The quantitative estimate of drug-likeness (QED) is 0.708. The van der Waals surface area contributed by atoms with Crippen LogP contribution in [-0.2, 0) is 4.79 Å². The standard InChI is InChI=1S/C11H24N2O/c1-9(2)5-6-11(14)13(4)8-7-10(3)12/h9-10H,5-8,12H2,1-4H3. The normalized spacial score (nSPS) is 13.0. The van der Waals surface area contributed by atoms with E-state index in [-0.39, 0.29) is 11.9 Å². The van der Waals surface area contributed by atoms with Crippen LogP contribution < -0.4 is 5.73 Å². The summed E-state index contributed by atoms with van der Waals surface area (Å²) < 4.78 is 0. The molecular weight excluding hydrogens is 176 g/mol. The fourth-order valence-corrected chi connectivity index (χ4v) is 1.12. The van der Waals surface area contributed by atoms with Crippen molar-refractivity contribution < 1.29 is 4.79 Å². The van der Waals surface area contributed by atoms with Gasteiger partial charge in [0.25, 0.3) is 0 Å². The summed E-state index contributed by atoms with van der Waals surface area (Å²) >= 11 is 0. The maximum Gasteiger partial charge on any atom is 0.222 e. The predicted molar refractivity (Wildman–Crippen MR) is 60.0 cm³/mol. The average Bonchev–Trinajstić information content (AvgIpc) is 2.09. The van der Waals surface area contributed by atoms with Crippen LogP contribution >= 0.6 is 0 Å². The minimum atomic E-state index is 0.176.